The van der Waals surface area contributed by atoms with E-state index in [2.05, 4.69) is 68.0 Å². The van der Waals surface area contributed by atoms with Gasteiger partial charge in [0, 0.05) is 84.4 Å². The van der Waals surface area contributed by atoms with Crippen LogP contribution in [0.2, 0.25) is 0 Å². The second kappa shape index (κ2) is 15.6. The number of rotatable bonds is 11. The fourth-order valence-corrected chi connectivity index (χ4v) is 7.77. The van der Waals surface area contributed by atoms with Crippen LogP contribution in [0.15, 0.2) is 85.5 Å². The Morgan fingerprint density at radius 1 is 0.845 bits per heavy atom. The first kappa shape index (κ1) is 36.8. The van der Waals surface area contributed by atoms with Gasteiger partial charge in [0.2, 0.25) is 17.7 Å². The number of aromatic nitrogens is 4. The SMILES string of the molecule is Cc1cc(-c2ccc3c4cnccc4n(C)c3c2)cnc1OC1CC(Oc2ccc(C#CCOCCOc3ccc4c(c3)CN(C3CCC(=O)NC3=O)C4=O)nc2)C1. The third-order valence-electron chi connectivity index (χ3n) is 10.9. The zero-order chi connectivity index (χ0) is 39.8. The molecule has 6 heterocycles. The van der Waals surface area contributed by atoms with Crippen molar-refractivity contribution in [2.45, 2.75) is 57.4 Å². The van der Waals surface area contributed by atoms with Crippen LogP contribution in [0.25, 0.3) is 32.9 Å². The molecule has 1 aliphatic carbocycles. The highest BCUT2D eigenvalue weighted by Gasteiger charge is 2.39. The number of ether oxygens (including phenoxy) is 4. The minimum Gasteiger partial charge on any atom is -0.491 e. The second-order valence-electron chi connectivity index (χ2n) is 14.8. The van der Waals surface area contributed by atoms with Crippen molar-refractivity contribution in [3.05, 3.63) is 108 Å². The van der Waals surface area contributed by atoms with Gasteiger partial charge in [-0.1, -0.05) is 18.1 Å². The van der Waals surface area contributed by atoms with E-state index in [1.54, 1.807) is 24.4 Å². The van der Waals surface area contributed by atoms with E-state index < -0.39 is 11.9 Å². The van der Waals surface area contributed by atoms with Crippen LogP contribution in [-0.2, 0) is 27.9 Å². The Labute approximate surface area is 334 Å². The number of hydrogen-bond acceptors (Lipinski definition) is 10. The molecule has 2 aliphatic heterocycles. The minimum absolute atomic E-state index is 0.0307. The second-order valence-corrected chi connectivity index (χ2v) is 14.8. The van der Waals surface area contributed by atoms with E-state index in [1.807, 2.05) is 43.7 Å². The van der Waals surface area contributed by atoms with Crippen molar-refractivity contribution < 1.29 is 33.3 Å². The standard InChI is InChI=1S/C45H40N6O7/c1-27-18-29(28-5-9-37-38-25-46-14-13-39(38)50(2)41(37)20-28)23-48-44(27)58-35-21-34(22-35)57-33-7-6-31(47-24-33)4-3-15-55-16-17-56-32-8-10-36-30(19-32)26-51(45(36)54)40-11-12-42(52)49-43(40)53/h5-10,13-14,18-20,23-25,34-35,40H,11-12,15-17,21-22,26H2,1-2H3,(H,49,52,53). The maximum atomic E-state index is 12.9. The number of benzene rings is 2. The molecule has 3 aliphatic rings. The van der Waals surface area contributed by atoms with Crippen molar-refractivity contribution in [2.75, 3.05) is 19.8 Å². The molecule has 6 aromatic rings. The summed E-state index contributed by atoms with van der Waals surface area (Å²) in [7, 11) is 2.08. The van der Waals surface area contributed by atoms with Crippen LogP contribution >= 0.6 is 0 Å². The smallest absolute Gasteiger partial charge is 0.255 e. The molecule has 292 valence electrons. The van der Waals surface area contributed by atoms with E-state index in [-0.39, 0.29) is 37.0 Å². The van der Waals surface area contributed by atoms with Gasteiger partial charge >= 0.3 is 0 Å². The molecule has 13 nitrogen and oxygen atoms in total. The Morgan fingerprint density at radius 2 is 1.71 bits per heavy atom. The zero-order valence-electron chi connectivity index (χ0n) is 32.1. The highest BCUT2D eigenvalue weighted by Crippen LogP contribution is 2.35. The number of pyridine rings is 3. The third-order valence-corrected chi connectivity index (χ3v) is 10.9. The number of imide groups is 1. The van der Waals surface area contributed by atoms with Crippen LogP contribution < -0.4 is 19.5 Å². The van der Waals surface area contributed by atoms with Crippen LogP contribution in [0.4, 0.5) is 0 Å². The molecule has 58 heavy (non-hydrogen) atoms. The van der Waals surface area contributed by atoms with Gasteiger partial charge in [0.25, 0.3) is 5.91 Å². The molecule has 0 radical (unpaired) electrons. The molecule has 1 saturated carbocycles. The van der Waals surface area contributed by atoms with Crippen LogP contribution in [0, 0.1) is 18.8 Å². The van der Waals surface area contributed by atoms with E-state index in [9.17, 15) is 14.4 Å². The van der Waals surface area contributed by atoms with Crippen LogP contribution in [0.3, 0.4) is 0 Å². The Bertz CT molecular complexity index is 2640. The first-order valence-electron chi connectivity index (χ1n) is 19.3. The number of carbonyl (C=O) groups is 3. The summed E-state index contributed by atoms with van der Waals surface area (Å²) in [5, 5.41) is 4.65. The monoisotopic (exact) mass is 776 g/mol. The van der Waals surface area contributed by atoms with Gasteiger partial charge in [-0.15, -0.1) is 0 Å². The van der Waals surface area contributed by atoms with E-state index in [1.165, 1.54) is 10.3 Å². The number of amides is 3. The molecule has 2 fully saturated rings. The lowest BCUT2D eigenvalue weighted by Gasteiger charge is -2.35. The molecule has 2 aromatic carbocycles. The number of fused-ring (bicyclic) bond motifs is 4. The summed E-state index contributed by atoms with van der Waals surface area (Å²) < 4.78 is 26.0. The summed E-state index contributed by atoms with van der Waals surface area (Å²) >= 11 is 0. The quantitative estimate of drug-likeness (QED) is 0.0990. The van der Waals surface area contributed by atoms with Gasteiger partial charge in [0.1, 0.15) is 48.7 Å². The fraction of sp³-hybridized carbons (Fsp3) is 0.289. The van der Waals surface area contributed by atoms with Crippen LogP contribution in [0.5, 0.6) is 17.4 Å². The number of nitrogens with zero attached hydrogens (tertiary/aromatic N) is 5. The molecule has 13 heteroatoms. The van der Waals surface area contributed by atoms with Crippen molar-refractivity contribution >= 4 is 39.5 Å². The first-order valence-corrected chi connectivity index (χ1v) is 19.3. The van der Waals surface area contributed by atoms with Gasteiger partial charge < -0.3 is 28.4 Å². The van der Waals surface area contributed by atoms with Crippen molar-refractivity contribution in [3.63, 3.8) is 0 Å². The predicted molar refractivity (Wildman–Crippen MR) is 214 cm³/mol. The molecular formula is C45H40N6O7. The minimum atomic E-state index is -0.651. The van der Waals surface area contributed by atoms with Crippen molar-refractivity contribution in [1.82, 2.24) is 29.7 Å². The van der Waals surface area contributed by atoms with Gasteiger partial charge in [0.05, 0.1) is 18.3 Å². The van der Waals surface area contributed by atoms with Gasteiger partial charge in [0.15, 0.2) is 0 Å². The lowest BCUT2D eigenvalue weighted by molar-refractivity contribution is -0.136. The topological polar surface area (TPSA) is 147 Å². The summed E-state index contributed by atoms with van der Waals surface area (Å²) in [5.41, 5.74) is 7.37. The molecule has 9 rings (SSSR count). The molecule has 1 atom stereocenters. The largest absolute Gasteiger partial charge is 0.491 e. The normalized spacial score (nSPS) is 18.7. The summed E-state index contributed by atoms with van der Waals surface area (Å²) in [5.74, 6) is 6.94. The number of aryl methyl sites for hydroxylation is 2. The lowest BCUT2D eigenvalue weighted by atomic mass is 9.92. The Morgan fingerprint density at radius 3 is 2.53 bits per heavy atom. The number of carbonyl (C=O) groups excluding carboxylic acids is 3. The molecule has 4 aromatic heterocycles. The van der Waals surface area contributed by atoms with Crippen LogP contribution in [-0.4, -0.2) is 80.2 Å². The van der Waals surface area contributed by atoms with Crippen molar-refractivity contribution in [1.29, 1.82) is 0 Å². The average molecular weight is 777 g/mol. The molecule has 1 saturated heterocycles. The van der Waals surface area contributed by atoms with E-state index in [0.717, 1.165) is 51.5 Å². The molecule has 1 N–H and O–H groups in total. The lowest BCUT2D eigenvalue weighted by Crippen LogP contribution is -2.52. The molecule has 0 bridgehead atoms. The first-order chi connectivity index (χ1) is 28.3. The summed E-state index contributed by atoms with van der Waals surface area (Å²) in [4.78, 5) is 51.6. The number of piperidine rings is 1. The number of hydrogen-bond donors (Lipinski definition) is 1. The zero-order valence-corrected chi connectivity index (χ0v) is 32.1. The van der Waals surface area contributed by atoms with E-state index in [4.69, 9.17) is 18.9 Å². The molecule has 1 unspecified atom stereocenters. The van der Waals surface area contributed by atoms with Gasteiger partial charge in [-0.25, -0.2) is 9.97 Å². The van der Waals surface area contributed by atoms with Gasteiger partial charge in [-0.3, -0.25) is 24.7 Å². The molecule has 3 amide bonds. The van der Waals surface area contributed by atoms with Gasteiger partial charge in [-0.2, -0.15) is 0 Å². The maximum absolute atomic E-state index is 12.9. The highest BCUT2D eigenvalue weighted by atomic mass is 16.5. The molecule has 0 spiro atoms. The summed E-state index contributed by atoms with van der Waals surface area (Å²) in [6, 6.07) is 18.9. The predicted octanol–water partition coefficient (Wildman–Crippen LogP) is 5.69. The fourth-order valence-electron chi connectivity index (χ4n) is 7.77. The summed E-state index contributed by atoms with van der Waals surface area (Å²) in [6.45, 7) is 3.15. The van der Waals surface area contributed by atoms with Crippen LogP contribution in [0.1, 0.15) is 52.9 Å². The average Bonchev–Trinajstić information content (AvgIpc) is 3.69. The van der Waals surface area contributed by atoms with Crippen molar-refractivity contribution in [3.8, 4) is 40.3 Å². The Kier molecular flexibility index (Phi) is 9.93. The number of nitrogens with one attached hydrogen (secondary N) is 1. The van der Waals surface area contributed by atoms with Crippen molar-refractivity contribution in [2.24, 2.45) is 7.05 Å². The Balaban J connectivity index is 0.687. The highest BCUT2D eigenvalue weighted by molar-refractivity contribution is 6.08. The summed E-state index contributed by atoms with van der Waals surface area (Å²) in [6.07, 6.45) is 9.42. The Hall–Kier alpha value is -6.78. The van der Waals surface area contributed by atoms with E-state index in [0.29, 0.717) is 54.8 Å². The van der Waals surface area contributed by atoms with E-state index >= 15 is 0 Å². The maximum Gasteiger partial charge on any atom is 0.255 e. The van der Waals surface area contributed by atoms with Gasteiger partial charge in [-0.05, 0) is 78.9 Å². The third kappa shape index (κ3) is 7.42. The molecular weight excluding hydrogens is 737 g/mol.